The van der Waals surface area contributed by atoms with Crippen molar-refractivity contribution in [1.82, 2.24) is 0 Å². The highest BCUT2D eigenvalue weighted by molar-refractivity contribution is 4.74. The van der Waals surface area contributed by atoms with Crippen LogP contribution >= 0.6 is 0 Å². The molecule has 0 aliphatic heterocycles. The van der Waals surface area contributed by atoms with E-state index in [1.54, 1.807) is 6.92 Å². The van der Waals surface area contributed by atoms with E-state index >= 15 is 0 Å². The molecule has 2 heteroatoms. The molecule has 1 atom stereocenters. The van der Waals surface area contributed by atoms with Crippen molar-refractivity contribution in [3.05, 3.63) is 0 Å². The Kier molecular flexibility index (Phi) is 6.35. The minimum absolute atomic E-state index is 0.397. The highest BCUT2D eigenvalue weighted by atomic mass is 16.5. The third kappa shape index (κ3) is 6.05. The van der Waals surface area contributed by atoms with Crippen LogP contribution in [0.1, 0.15) is 53.4 Å². The molecule has 0 heterocycles. The minimum atomic E-state index is -0.404. The Morgan fingerprint density at radius 1 is 1.23 bits per heavy atom. The van der Waals surface area contributed by atoms with Gasteiger partial charge in [0.25, 0.3) is 0 Å². The van der Waals surface area contributed by atoms with Gasteiger partial charge in [-0.15, -0.1) is 0 Å². The van der Waals surface area contributed by atoms with Crippen LogP contribution < -0.4 is 0 Å². The summed E-state index contributed by atoms with van der Waals surface area (Å²) in [6, 6.07) is 0. The molecule has 0 aromatic carbocycles. The third-order valence-corrected chi connectivity index (χ3v) is 2.48. The number of aliphatic hydroxyl groups excluding tert-OH is 1. The van der Waals surface area contributed by atoms with E-state index in [2.05, 4.69) is 6.92 Å². The molecule has 0 aromatic rings. The predicted molar refractivity (Wildman–Crippen MR) is 55.9 cm³/mol. The van der Waals surface area contributed by atoms with Crippen LogP contribution in [0.3, 0.4) is 0 Å². The molecule has 0 saturated carbocycles. The summed E-state index contributed by atoms with van der Waals surface area (Å²) in [5, 5.41) is 9.36. The second kappa shape index (κ2) is 6.39. The number of unbranched alkanes of at least 4 members (excludes halogenated alkanes) is 3. The van der Waals surface area contributed by atoms with Crippen molar-refractivity contribution in [3.8, 4) is 0 Å². The van der Waals surface area contributed by atoms with Gasteiger partial charge < -0.3 is 9.84 Å². The fourth-order valence-corrected chi connectivity index (χ4v) is 0.985. The molecule has 0 rings (SSSR count). The Balaban J connectivity index is 3.41. The molecular weight excluding hydrogens is 164 g/mol. The standard InChI is InChI=1S/C11H24O2/c1-5-6-7-8-9-13-11(3,4)10(2)12/h10,12H,5-9H2,1-4H3. The number of rotatable bonds is 7. The molecule has 0 aromatic heterocycles. The van der Waals surface area contributed by atoms with Gasteiger partial charge >= 0.3 is 0 Å². The van der Waals surface area contributed by atoms with Crippen LogP contribution in [0.15, 0.2) is 0 Å². The summed E-state index contributed by atoms with van der Waals surface area (Å²) < 4.78 is 5.59. The van der Waals surface area contributed by atoms with Crippen LogP contribution in [0.4, 0.5) is 0 Å². The smallest absolute Gasteiger partial charge is 0.0881 e. The first-order valence-electron chi connectivity index (χ1n) is 5.32. The number of hydrogen-bond acceptors (Lipinski definition) is 2. The van der Waals surface area contributed by atoms with Crippen molar-refractivity contribution in [2.45, 2.75) is 65.1 Å². The summed E-state index contributed by atoms with van der Waals surface area (Å²) in [6.45, 7) is 8.58. The van der Waals surface area contributed by atoms with Gasteiger partial charge in [-0.25, -0.2) is 0 Å². The van der Waals surface area contributed by atoms with E-state index < -0.39 is 11.7 Å². The Morgan fingerprint density at radius 2 is 1.85 bits per heavy atom. The van der Waals surface area contributed by atoms with Crippen molar-refractivity contribution in [2.24, 2.45) is 0 Å². The molecule has 0 aliphatic carbocycles. The van der Waals surface area contributed by atoms with Crippen molar-refractivity contribution in [3.63, 3.8) is 0 Å². The summed E-state index contributed by atoms with van der Waals surface area (Å²) in [6.07, 6.45) is 4.45. The first kappa shape index (κ1) is 12.9. The number of ether oxygens (including phenoxy) is 1. The number of aliphatic hydroxyl groups is 1. The van der Waals surface area contributed by atoms with E-state index in [9.17, 15) is 5.11 Å². The fourth-order valence-electron chi connectivity index (χ4n) is 0.985. The molecule has 0 saturated heterocycles. The Hall–Kier alpha value is -0.0800. The first-order valence-corrected chi connectivity index (χ1v) is 5.32. The molecule has 80 valence electrons. The lowest BCUT2D eigenvalue weighted by Gasteiger charge is -2.28. The van der Waals surface area contributed by atoms with Gasteiger partial charge in [-0.2, -0.15) is 0 Å². The first-order chi connectivity index (χ1) is 6.00. The van der Waals surface area contributed by atoms with Crippen LogP contribution in [-0.4, -0.2) is 23.4 Å². The van der Waals surface area contributed by atoms with Crippen LogP contribution in [-0.2, 0) is 4.74 Å². The average Bonchev–Trinajstić information content (AvgIpc) is 2.03. The van der Waals surface area contributed by atoms with Crippen molar-refractivity contribution in [2.75, 3.05) is 6.61 Å². The monoisotopic (exact) mass is 188 g/mol. The minimum Gasteiger partial charge on any atom is -0.390 e. The van der Waals surface area contributed by atoms with Crippen molar-refractivity contribution >= 4 is 0 Å². The maximum Gasteiger partial charge on any atom is 0.0881 e. The molecule has 0 spiro atoms. The summed E-state index contributed by atoms with van der Waals surface area (Å²) in [5.41, 5.74) is -0.397. The van der Waals surface area contributed by atoms with Crippen LogP contribution in [0.2, 0.25) is 0 Å². The topological polar surface area (TPSA) is 29.5 Å². The van der Waals surface area contributed by atoms with Gasteiger partial charge in [0.05, 0.1) is 11.7 Å². The Labute approximate surface area is 82.3 Å². The molecule has 0 aliphatic rings. The molecular formula is C11H24O2. The quantitative estimate of drug-likeness (QED) is 0.622. The SMILES string of the molecule is CCCCCCOC(C)(C)C(C)O. The van der Waals surface area contributed by atoms with Gasteiger partial charge in [0, 0.05) is 6.61 Å². The third-order valence-electron chi connectivity index (χ3n) is 2.48. The molecule has 1 N–H and O–H groups in total. The van der Waals surface area contributed by atoms with E-state index in [1.807, 2.05) is 13.8 Å². The molecule has 13 heavy (non-hydrogen) atoms. The molecule has 0 fully saturated rings. The van der Waals surface area contributed by atoms with Crippen molar-refractivity contribution in [1.29, 1.82) is 0 Å². The van der Waals surface area contributed by atoms with E-state index in [-0.39, 0.29) is 0 Å². The zero-order valence-corrected chi connectivity index (χ0v) is 9.47. The second-order valence-corrected chi connectivity index (χ2v) is 4.19. The summed E-state index contributed by atoms with van der Waals surface area (Å²) in [5.74, 6) is 0. The van der Waals surface area contributed by atoms with Gasteiger partial charge in [-0.05, 0) is 27.2 Å². The maximum atomic E-state index is 9.36. The van der Waals surface area contributed by atoms with Gasteiger partial charge in [-0.1, -0.05) is 26.2 Å². The van der Waals surface area contributed by atoms with Gasteiger partial charge in [0.15, 0.2) is 0 Å². The zero-order valence-electron chi connectivity index (χ0n) is 9.47. The second-order valence-electron chi connectivity index (χ2n) is 4.19. The van der Waals surface area contributed by atoms with Crippen molar-refractivity contribution < 1.29 is 9.84 Å². The molecule has 0 bridgehead atoms. The highest BCUT2D eigenvalue weighted by Crippen LogP contribution is 2.15. The molecule has 2 nitrogen and oxygen atoms in total. The molecule has 0 amide bonds. The fraction of sp³-hybridized carbons (Fsp3) is 1.00. The maximum absolute atomic E-state index is 9.36. The lowest BCUT2D eigenvalue weighted by atomic mass is 10.0. The highest BCUT2D eigenvalue weighted by Gasteiger charge is 2.24. The summed E-state index contributed by atoms with van der Waals surface area (Å²) >= 11 is 0. The summed E-state index contributed by atoms with van der Waals surface area (Å²) in [7, 11) is 0. The van der Waals surface area contributed by atoms with E-state index in [0.717, 1.165) is 13.0 Å². The normalized spacial score (nSPS) is 14.5. The molecule has 0 radical (unpaired) electrons. The van der Waals surface area contributed by atoms with Gasteiger partial charge in [0.2, 0.25) is 0 Å². The van der Waals surface area contributed by atoms with E-state index in [1.165, 1.54) is 19.3 Å². The predicted octanol–water partition coefficient (Wildman–Crippen LogP) is 2.74. The van der Waals surface area contributed by atoms with Gasteiger partial charge in [-0.3, -0.25) is 0 Å². The van der Waals surface area contributed by atoms with Crippen LogP contribution in [0, 0.1) is 0 Å². The summed E-state index contributed by atoms with van der Waals surface area (Å²) in [4.78, 5) is 0. The Morgan fingerprint density at radius 3 is 2.31 bits per heavy atom. The van der Waals surface area contributed by atoms with Gasteiger partial charge in [0.1, 0.15) is 0 Å². The lowest BCUT2D eigenvalue weighted by Crippen LogP contribution is -2.37. The Bertz CT molecular complexity index is 119. The zero-order chi connectivity index (χ0) is 10.3. The molecule has 1 unspecified atom stereocenters. The largest absolute Gasteiger partial charge is 0.390 e. The lowest BCUT2D eigenvalue weighted by molar-refractivity contribution is -0.0940. The number of hydrogen-bond donors (Lipinski definition) is 1. The van der Waals surface area contributed by atoms with E-state index in [4.69, 9.17) is 4.74 Å². The van der Waals surface area contributed by atoms with Crippen LogP contribution in [0.25, 0.3) is 0 Å². The van der Waals surface area contributed by atoms with Crippen LogP contribution in [0.5, 0.6) is 0 Å². The average molecular weight is 188 g/mol. The van der Waals surface area contributed by atoms with E-state index in [0.29, 0.717) is 0 Å².